The third-order valence-electron chi connectivity index (χ3n) is 2.98. The zero-order valence-corrected chi connectivity index (χ0v) is 14.8. The van der Waals surface area contributed by atoms with E-state index in [-0.39, 0.29) is 6.04 Å². The van der Waals surface area contributed by atoms with Crippen LogP contribution in [-0.2, 0) is 0 Å². The molecule has 1 nitrogen and oxygen atoms in total. The van der Waals surface area contributed by atoms with E-state index in [9.17, 15) is 0 Å². The van der Waals surface area contributed by atoms with E-state index in [1.165, 1.54) is 14.0 Å². The SMILES string of the molecule is CCCNC(c1cc(C)c(Cl)s1)c1ccccc1I. The molecule has 0 bridgehead atoms. The average Bonchev–Trinajstić information content (AvgIpc) is 2.72. The van der Waals surface area contributed by atoms with E-state index in [0.29, 0.717) is 0 Å². The molecule has 1 unspecified atom stereocenters. The first kappa shape index (κ1) is 15.3. The number of hydrogen-bond donors (Lipinski definition) is 1. The van der Waals surface area contributed by atoms with E-state index in [1.807, 2.05) is 0 Å². The van der Waals surface area contributed by atoms with Crippen LogP contribution in [0.25, 0.3) is 0 Å². The summed E-state index contributed by atoms with van der Waals surface area (Å²) in [5.41, 5.74) is 2.49. The number of aryl methyl sites for hydroxylation is 1. The van der Waals surface area contributed by atoms with Crippen molar-refractivity contribution in [2.24, 2.45) is 0 Å². The Kier molecular flexibility index (Phi) is 5.69. The minimum Gasteiger partial charge on any atom is -0.306 e. The average molecular weight is 406 g/mol. The summed E-state index contributed by atoms with van der Waals surface area (Å²) in [6, 6.07) is 11.0. The molecule has 0 aliphatic rings. The summed E-state index contributed by atoms with van der Waals surface area (Å²) < 4.78 is 2.18. The van der Waals surface area contributed by atoms with E-state index < -0.39 is 0 Å². The van der Waals surface area contributed by atoms with Crippen molar-refractivity contribution in [1.29, 1.82) is 0 Å². The van der Waals surface area contributed by atoms with Crippen LogP contribution >= 0.6 is 45.5 Å². The maximum absolute atomic E-state index is 6.22. The van der Waals surface area contributed by atoms with Gasteiger partial charge < -0.3 is 5.32 Å². The highest BCUT2D eigenvalue weighted by Gasteiger charge is 2.18. The largest absolute Gasteiger partial charge is 0.306 e. The first-order chi connectivity index (χ1) is 9.13. The van der Waals surface area contributed by atoms with Crippen molar-refractivity contribution in [3.8, 4) is 0 Å². The Morgan fingerprint density at radius 1 is 1.37 bits per heavy atom. The molecule has 1 aromatic carbocycles. The van der Waals surface area contributed by atoms with Gasteiger partial charge in [0.15, 0.2) is 0 Å². The van der Waals surface area contributed by atoms with E-state index >= 15 is 0 Å². The third-order valence-corrected chi connectivity index (χ3v) is 5.58. The molecule has 0 aliphatic heterocycles. The van der Waals surface area contributed by atoms with Crippen LogP contribution in [0.3, 0.4) is 0 Å². The Morgan fingerprint density at radius 2 is 2.11 bits per heavy atom. The van der Waals surface area contributed by atoms with Gasteiger partial charge in [-0.2, -0.15) is 0 Å². The van der Waals surface area contributed by atoms with Gasteiger partial charge in [-0.25, -0.2) is 0 Å². The van der Waals surface area contributed by atoms with Crippen LogP contribution < -0.4 is 5.32 Å². The monoisotopic (exact) mass is 405 g/mol. The summed E-state index contributed by atoms with van der Waals surface area (Å²) in [7, 11) is 0. The molecule has 1 atom stereocenters. The molecule has 2 aromatic rings. The summed E-state index contributed by atoms with van der Waals surface area (Å²) in [6.45, 7) is 5.26. The predicted molar refractivity (Wildman–Crippen MR) is 93.4 cm³/mol. The molecule has 2 rings (SSSR count). The van der Waals surface area contributed by atoms with Gasteiger partial charge in [-0.1, -0.05) is 36.7 Å². The minimum absolute atomic E-state index is 0.240. The summed E-state index contributed by atoms with van der Waals surface area (Å²) in [6.07, 6.45) is 1.12. The van der Waals surface area contributed by atoms with Crippen molar-refractivity contribution in [3.05, 3.63) is 54.2 Å². The summed E-state index contributed by atoms with van der Waals surface area (Å²) >= 11 is 10.3. The Labute approximate surface area is 137 Å². The molecule has 4 heteroatoms. The smallest absolute Gasteiger partial charge is 0.0961 e. The molecule has 102 valence electrons. The van der Waals surface area contributed by atoms with Gasteiger partial charge in [0.1, 0.15) is 0 Å². The fourth-order valence-corrected chi connectivity index (χ4v) is 4.00. The lowest BCUT2D eigenvalue weighted by Crippen LogP contribution is -2.23. The van der Waals surface area contributed by atoms with Crippen molar-refractivity contribution in [2.75, 3.05) is 6.54 Å². The number of nitrogens with one attached hydrogen (secondary N) is 1. The van der Waals surface area contributed by atoms with Gasteiger partial charge in [-0.15, -0.1) is 11.3 Å². The number of hydrogen-bond acceptors (Lipinski definition) is 2. The van der Waals surface area contributed by atoms with Gasteiger partial charge in [0.2, 0.25) is 0 Å². The first-order valence-electron chi connectivity index (χ1n) is 6.37. The summed E-state index contributed by atoms with van der Waals surface area (Å²) in [4.78, 5) is 1.29. The molecule has 1 heterocycles. The second kappa shape index (κ2) is 7.07. The Morgan fingerprint density at radius 3 is 2.68 bits per heavy atom. The highest BCUT2D eigenvalue weighted by molar-refractivity contribution is 14.1. The van der Waals surface area contributed by atoms with Crippen LogP contribution in [0, 0.1) is 10.5 Å². The third kappa shape index (κ3) is 3.72. The van der Waals surface area contributed by atoms with Crippen LogP contribution in [-0.4, -0.2) is 6.54 Å². The van der Waals surface area contributed by atoms with Crippen molar-refractivity contribution < 1.29 is 0 Å². The molecule has 0 fully saturated rings. The predicted octanol–water partition coefficient (Wildman–Crippen LogP) is 5.40. The lowest BCUT2D eigenvalue weighted by Gasteiger charge is -2.19. The standard InChI is InChI=1S/C15H17ClINS/c1-3-8-18-14(11-6-4-5-7-12(11)17)13-9-10(2)15(16)19-13/h4-7,9,14,18H,3,8H2,1-2H3. The molecule has 0 radical (unpaired) electrons. The van der Waals surface area contributed by atoms with Gasteiger partial charge in [0.25, 0.3) is 0 Å². The molecule has 0 saturated carbocycles. The van der Waals surface area contributed by atoms with Crippen molar-refractivity contribution in [1.82, 2.24) is 5.32 Å². The van der Waals surface area contributed by atoms with Gasteiger partial charge >= 0.3 is 0 Å². The molecule has 0 spiro atoms. The maximum atomic E-state index is 6.22. The van der Waals surface area contributed by atoms with Gasteiger partial charge in [0.05, 0.1) is 10.4 Å². The molecule has 19 heavy (non-hydrogen) atoms. The molecule has 1 aromatic heterocycles. The van der Waals surface area contributed by atoms with Gasteiger partial charge in [0, 0.05) is 8.45 Å². The van der Waals surface area contributed by atoms with Crippen LogP contribution in [0.4, 0.5) is 0 Å². The lowest BCUT2D eigenvalue weighted by molar-refractivity contribution is 0.604. The number of halogens is 2. The van der Waals surface area contributed by atoms with Crippen LogP contribution in [0.2, 0.25) is 4.34 Å². The second-order valence-electron chi connectivity index (χ2n) is 4.51. The summed E-state index contributed by atoms with van der Waals surface area (Å²) in [5, 5.41) is 3.63. The lowest BCUT2D eigenvalue weighted by atomic mass is 10.0. The zero-order chi connectivity index (χ0) is 13.8. The number of rotatable bonds is 5. The van der Waals surface area contributed by atoms with Gasteiger partial charge in [-0.3, -0.25) is 0 Å². The highest BCUT2D eigenvalue weighted by Crippen LogP contribution is 2.35. The van der Waals surface area contributed by atoms with Gasteiger partial charge in [-0.05, 0) is 65.7 Å². The first-order valence-corrected chi connectivity index (χ1v) is 8.64. The molecule has 0 aliphatic carbocycles. The summed E-state index contributed by atoms with van der Waals surface area (Å²) in [5.74, 6) is 0. The van der Waals surface area contributed by atoms with E-state index in [4.69, 9.17) is 11.6 Å². The van der Waals surface area contributed by atoms with E-state index in [1.54, 1.807) is 11.3 Å². The Bertz CT molecular complexity index is 533. The fourth-order valence-electron chi connectivity index (χ4n) is 1.99. The number of benzene rings is 1. The van der Waals surface area contributed by atoms with E-state index in [0.717, 1.165) is 22.9 Å². The van der Waals surface area contributed by atoms with E-state index in [2.05, 4.69) is 72.1 Å². The molecule has 0 saturated heterocycles. The maximum Gasteiger partial charge on any atom is 0.0961 e. The topological polar surface area (TPSA) is 12.0 Å². The fraction of sp³-hybridized carbons (Fsp3) is 0.333. The molecular weight excluding hydrogens is 389 g/mol. The number of thiophene rings is 1. The zero-order valence-electron chi connectivity index (χ0n) is 11.0. The normalized spacial score (nSPS) is 12.6. The highest BCUT2D eigenvalue weighted by atomic mass is 127. The van der Waals surface area contributed by atoms with Crippen LogP contribution in [0.15, 0.2) is 30.3 Å². The Hall–Kier alpha value is -0.100. The van der Waals surface area contributed by atoms with Crippen LogP contribution in [0.5, 0.6) is 0 Å². The molecule has 1 N–H and O–H groups in total. The van der Waals surface area contributed by atoms with Crippen molar-refractivity contribution >= 4 is 45.5 Å². The Balaban J connectivity index is 2.38. The quantitative estimate of drug-likeness (QED) is 0.656. The minimum atomic E-state index is 0.240. The molecule has 0 amide bonds. The van der Waals surface area contributed by atoms with Crippen molar-refractivity contribution in [2.45, 2.75) is 26.3 Å². The second-order valence-corrected chi connectivity index (χ2v) is 7.36. The van der Waals surface area contributed by atoms with Crippen LogP contribution in [0.1, 0.15) is 35.4 Å². The molecular formula is C15H17ClINS. The van der Waals surface area contributed by atoms with Crippen molar-refractivity contribution in [3.63, 3.8) is 0 Å².